The van der Waals surface area contributed by atoms with Crippen molar-refractivity contribution in [3.05, 3.63) is 145 Å². The first-order valence-electron chi connectivity index (χ1n) is 13.7. The lowest BCUT2D eigenvalue weighted by atomic mass is 10.0. The van der Waals surface area contributed by atoms with Crippen LogP contribution in [0.25, 0.3) is 11.1 Å². The highest BCUT2D eigenvalue weighted by atomic mass is 32.2. The van der Waals surface area contributed by atoms with Gasteiger partial charge in [0.25, 0.3) is 0 Å². The first kappa shape index (κ1) is 27.9. The van der Waals surface area contributed by atoms with Crippen molar-refractivity contribution in [2.75, 3.05) is 18.6 Å². The number of carbonyl (C=O) groups is 1. The van der Waals surface area contributed by atoms with E-state index in [0.29, 0.717) is 12.2 Å². The van der Waals surface area contributed by atoms with Gasteiger partial charge >= 0.3 is 5.97 Å². The summed E-state index contributed by atoms with van der Waals surface area (Å²) < 4.78 is 5.46. The van der Waals surface area contributed by atoms with Crippen LogP contribution in [0.4, 0.5) is 0 Å². The molecule has 0 spiro atoms. The van der Waals surface area contributed by atoms with E-state index in [4.69, 9.17) is 4.74 Å². The summed E-state index contributed by atoms with van der Waals surface area (Å²) in [7, 11) is -2.12. The van der Waals surface area contributed by atoms with E-state index in [-0.39, 0.29) is 5.97 Å². The monoisotopic (exact) mass is 561 g/mol. The molecule has 0 heterocycles. The minimum atomic E-state index is -2.12. The Hall–Kier alpha value is -3.65. The van der Waals surface area contributed by atoms with Crippen LogP contribution in [0.5, 0.6) is 0 Å². The Morgan fingerprint density at radius 2 is 1.00 bits per heavy atom. The standard InChI is InChI=1S/C36H34O2PS/c1-40-28-12-11-27-38-36(37)31-21-19-29(20-22-31)30-23-25-35(26-24-30)39(32-13-5-2-6-14-32,33-15-7-3-8-16-33)34-17-9-4-10-18-34/h2-10,13-26H,11-12,27-28H2,1H3/q+1. The number of benzene rings is 5. The molecule has 4 heteroatoms. The van der Waals surface area contributed by atoms with Gasteiger partial charge in [0, 0.05) is 0 Å². The number of carbonyl (C=O) groups excluding carboxylic acids is 1. The lowest BCUT2D eigenvalue weighted by molar-refractivity contribution is 0.0500. The maximum atomic E-state index is 12.5. The number of unbranched alkanes of at least 4 members (excludes halogenated alkanes) is 1. The average Bonchev–Trinajstić information content (AvgIpc) is 3.03. The number of hydrogen-bond acceptors (Lipinski definition) is 3. The SMILES string of the molecule is CSCCCCOC(=O)c1ccc(-c2ccc([P+](c3ccccc3)(c3ccccc3)c3ccccc3)cc2)cc1. The first-order chi connectivity index (χ1) is 19.7. The molecule has 200 valence electrons. The van der Waals surface area contributed by atoms with Gasteiger partial charge in [0.15, 0.2) is 0 Å². The van der Waals surface area contributed by atoms with Gasteiger partial charge in [0.1, 0.15) is 28.5 Å². The molecule has 0 saturated carbocycles. The van der Waals surface area contributed by atoms with Gasteiger partial charge < -0.3 is 4.74 Å². The topological polar surface area (TPSA) is 26.3 Å². The van der Waals surface area contributed by atoms with Crippen molar-refractivity contribution < 1.29 is 9.53 Å². The fourth-order valence-corrected chi connectivity index (χ4v) is 9.86. The molecule has 0 unspecified atom stereocenters. The van der Waals surface area contributed by atoms with E-state index >= 15 is 0 Å². The molecule has 0 bridgehead atoms. The van der Waals surface area contributed by atoms with Crippen molar-refractivity contribution in [2.24, 2.45) is 0 Å². The van der Waals surface area contributed by atoms with Gasteiger partial charge in [-0.3, -0.25) is 0 Å². The molecule has 5 aromatic rings. The third-order valence-electron chi connectivity index (χ3n) is 7.11. The van der Waals surface area contributed by atoms with Crippen LogP contribution in [-0.2, 0) is 4.74 Å². The van der Waals surface area contributed by atoms with Gasteiger partial charge in [-0.1, -0.05) is 78.9 Å². The fourth-order valence-electron chi connectivity index (χ4n) is 5.12. The summed E-state index contributed by atoms with van der Waals surface area (Å²) in [6.45, 7) is 0.470. The summed E-state index contributed by atoms with van der Waals surface area (Å²) in [6, 6.07) is 49.4. The zero-order chi connectivity index (χ0) is 27.6. The maximum Gasteiger partial charge on any atom is 0.338 e. The molecule has 0 aliphatic carbocycles. The summed E-state index contributed by atoms with van der Waals surface area (Å²) in [6.07, 6.45) is 4.05. The van der Waals surface area contributed by atoms with Gasteiger partial charge in [-0.25, -0.2) is 4.79 Å². The van der Waals surface area contributed by atoms with Gasteiger partial charge in [-0.2, -0.15) is 11.8 Å². The maximum absolute atomic E-state index is 12.5. The lowest BCUT2D eigenvalue weighted by Crippen LogP contribution is -2.38. The van der Waals surface area contributed by atoms with E-state index in [2.05, 4.69) is 122 Å². The van der Waals surface area contributed by atoms with E-state index in [1.807, 2.05) is 36.0 Å². The minimum absolute atomic E-state index is 0.255. The van der Waals surface area contributed by atoms with Gasteiger partial charge in [-0.05, 0) is 96.6 Å². The van der Waals surface area contributed by atoms with Crippen LogP contribution in [0.3, 0.4) is 0 Å². The molecule has 0 amide bonds. The van der Waals surface area contributed by atoms with Crippen molar-refractivity contribution in [1.29, 1.82) is 0 Å². The predicted molar refractivity (Wildman–Crippen MR) is 175 cm³/mol. The number of thioether (sulfide) groups is 1. The van der Waals surface area contributed by atoms with E-state index in [0.717, 1.165) is 29.7 Å². The number of esters is 1. The molecule has 40 heavy (non-hydrogen) atoms. The first-order valence-corrected chi connectivity index (χ1v) is 16.8. The zero-order valence-corrected chi connectivity index (χ0v) is 24.5. The van der Waals surface area contributed by atoms with Crippen LogP contribution in [0, 0.1) is 0 Å². The summed E-state index contributed by atoms with van der Waals surface area (Å²) in [4.78, 5) is 12.5. The van der Waals surface area contributed by atoms with Gasteiger partial charge in [-0.15, -0.1) is 0 Å². The Bertz CT molecular complexity index is 1390. The smallest absolute Gasteiger partial charge is 0.338 e. The van der Waals surface area contributed by atoms with E-state index < -0.39 is 7.26 Å². The van der Waals surface area contributed by atoms with Crippen molar-refractivity contribution in [3.63, 3.8) is 0 Å². The lowest BCUT2D eigenvalue weighted by Gasteiger charge is -2.27. The largest absolute Gasteiger partial charge is 0.462 e. The molecule has 0 aliphatic rings. The highest BCUT2D eigenvalue weighted by Crippen LogP contribution is 2.54. The molecule has 0 N–H and O–H groups in total. The Kier molecular flexibility index (Phi) is 9.50. The van der Waals surface area contributed by atoms with Crippen molar-refractivity contribution in [2.45, 2.75) is 12.8 Å². The molecule has 2 nitrogen and oxygen atoms in total. The Morgan fingerprint density at radius 3 is 1.45 bits per heavy atom. The van der Waals surface area contributed by atoms with E-state index in [1.54, 1.807) is 0 Å². The Labute approximate surface area is 242 Å². The van der Waals surface area contributed by atoms with Crippen LogP contribution < -0.4 is 21.2 Å². The second-order valence-electron chi connectivity index (χ2n) is 9.64. The summed E-state index contributed by atoms with van der Waals surface area (Å²) in [5.41, 5.74) is 2.78. The van der Waals surface area contributed by atoms with E-state index in [9.17, 15) is 4.79 Å². The molecule has 5 rings (SSSR count). The third-order valence-corrected chi connectivity index (χ3v) is 12.1. The normalized spacial score (nSPS) is 11.2. The second kappa shape index (κ2) is 13.6. The van der Waals surface area contributed by atoms with E-state index in [1.165, 1.54) is 21.2 Å². The molecule has 0 aromatic heterocycles. The van der Waals surface area contributed by atoms with Crippen LogP contribution in [0.2, 0.25) is 0 Å². The predicted octanol–water partition coefficient (Wildman–Crippen LogP) is 7.27. The van der Waals surface area contributed by atoms with Crippen LogP contribution in [0.1, 0.15) is 23.2 Å². The highest BCUT2D eigenvalue weighted by Gasteiger charge is 2.47. The van der Waals surface area contributed by atoms with Crippen molar-refractivity contribution in [3.8, 4) is 11.1 Å². The molecule has 0 radical (unpaired) electrons. The zero-order valence-electron chi connectivity index (χ0n) is 22.8. The minimum Gasteiger partial charge on any atom is -0.462 e. The molecular formula is C36H34O2PS+. The summed E-state index contributed by atoms with van der Waals surface area (Å²) in [5.74, 6) is 0.838. The Balaban J connectivity index is 1.47. The van der Waals surface area contributed by atoms with Crippen LogP contribution >= 0.6 is 19.0 Å². The van der Waals surface area contributed by atoms with Crippen molar-refractivity contribution in [1.82, 2.24) is 0 Å². The third kappa shape index (κ3) is 6.07. The molecule has 0 atom stereocenters. The molecule has 0 aliphatic heterocycles. The van der Waals surface area contributed by atoms with Crippen molar-refractivity contribution >= 4 is 46.2 Å². The summed E-state index contributed by atoms with van der Waals surface area (Å²) in [5, 5.41) is 5.30. The second-order valence-corrected chi connectivity index (χ2v) is 14.0. The molecule has 0 saturated heterocycles. The van der Waals surface area contributed by atoms with Gasteiger partial charge in [0.2, 0.25) is 0 Å². The average molecular weight is 562 g/mol. The molecule has 0 fully saturated rings. The number of hydrogen-bond donors (Lipinski definition) is 0. The highest BCUT2D eigenvalue weighted by molar-refractivity contribution is 8.01. The number of rotatable bonds is 11. The molecule has 5 aromatic carbocycles. The quantitative estimate of drug-likeness (QED) is 0.0964. The summed E-state index contributed by atoms with van der Waals surface area (Å²) >= 11 is 1.82. The Morgan fingerprint density at radius 1 is 0.575 bits per heavy atom. The van der Waals surface area contributed by atoms with Crippen LogP contribution in [-0.4, -0.2) is 24.6 Å². The number of ether oxygens (including phenoxy) is 1. The molecular weight excluding hydrogens is 527 g/mol. The van der Waals surface area contributed by atoms with Crippen LogP contribution in [0.15, 0.2) is 140 Å². The van der Waals surface area contributed by atoms with Gasteiger partial charge in [0.05, 0.1) is 12.2 Å². The fraction of sp³-hybridized carbons (Fsp3) is 0.139.